The zero-order valence-electron chi connectivity index (χ0n) is 21.1. The van der Waals surface area contributed by atoms with Gasteiger partial charge in [-0.1, -0.05) is 23.7 Å². The van der Waals surface area contributed by atoms with Crippen molar-refractivity contribution in [1.82, 2.24) is 10.2 Å². The van der Waals surface area contributed by atoms with Gasteiger partial charge in [0.05, 0.1) is 25.2 Å². The van der Waals surface area contributed by atoms with E-state index in [1.807, 2.05) is 0 Å². The standard InChI is InChI=1S/C26H21BrClN3O9/c1-3-38-20-11-15(21(27)22(28)23(20)39-13-14-5-4-6-16(9-14)31(35)36)10-18-24(32)30(26(34)29-18)12-17-7-8-19(40-17)25(33)37-2/h4-11H,3,12-13H2,1-2H3,(H,29,34)/b18-10-. The van der Waals surface area contributed by atoms with Gasteiger partial charge >= 0.3 is 12.0 Å². The van der Waals surface area contributed by atoms with Crippen LogP contribution in [-0.2, 0) is 22.7 Å². The number of methoxy groups -OCH3 is 1. The summed E-state index contributed by atoms with van der Waals surface area (Å²) >= 11 is 10.0. The second-order valence-corrected chi connectivity index (χ2v) is 9.38. The molecule has 1 fully saturated rings. The van der Waals surface area contributed by atoms with Crippen LogP contribution in [0.25, 0.3) is 6.08 Å². The van der Waals surface area contributed by atoms with E-state index in [0.29, 0.717) is 15.6 Å². The number of carbonyl (C=O) groups is 3. The van der Waals surface area contributed by atoms with Gasteiger partial charge in [-0.05, 0) is 58.3 Å². The molecule has 3 amide bonds. The number of non-ortho nitro benzene ring substituents is 1. The third kappa shape index (κ3) is 6.10. The molecule has 0 unspecified atom stereocenters. The van der Waals surface area contributed by atoms with Gasteiger partial charge in [0, 0.05) is 16.6 Å². The van der Waals surface area contributed by atoms with Crippen molar-refractivity contribution in [2.75, 3.05) is 13.7 Å². The Labute approximate surface area is 240 Å². The maximum absolute atomic E-state index is 13.0. The highest BCUT2D eigenvalue weighted by Gasteiger charge is 2.35. The van der Waals surface area contributed by atoms with Gasteiger partial charge in [-0.2, -0.15) is 0 Å². The highest BCUT2D eigenvalue weighted by atomic mass is 79.9. The molecule has 1 aliphatic rings. The fraction of sp³-hybridized carbons (Fsp3) is 0.192. The van der Waals surface area contributed by atoms with E-state index < -0.39 is 22.8 Å². The molecule has 4 rings (SSSR count). The Morgan fingerprint density at radius 1 is 1.23 bits per heavy atom. The molecule has 14 heteroatoms. The van der Waals surface area contributed by atoms with E-state index in [4.69, 9.17) is 25.5 Å². The number of hydrogen-bond donors (Lipinski definition) is 1. The van der Waals surface area contributed by atoms with Crippen molar-refractivity contribution in [1.29, 1.82) is 0 Å². The summed E-state index contributed by atoms with van der Waals surface area (Å²) in [6.45, 7) is 1.79. The lowest BCUT2D eigenvalue weighted by atomic mass is 10.1. The largest absolute Gasteiger partial charge is 0.490 e. The summed E-state index contributed by atoms with van der Waals surface area (Å²) in [5.41, 5.74) is 0.847. The SMILES string of the molecule is CCOc1cc(/C=C2\NC(=O)N(Cc3ccc(C(=O)OC)o3)C2=O)c(Br)c(Cl)c1OCc1cccc([N+](=O)[O-])c1. The van der Waals surface area contributed by atoms with Gasteiger partial charge in [-0.15, -0.1) is 0 Å². The minimum atomic E-state index is -0.687. The number of esters is 1. The predicted octanol–water partition coefficient (Wildman–Crippen LogP) is 5.46. The Morgan fingerprint density at radius 3 is 2.70 bits per heavy atom. The molecule has 3 aromatic rings. The third-order valence-electron chi connectivity index (χ3n) is 5.58. The van der Waals surface area contributed by atoms with E-state index >= 15 is 0 Å². The minimum absolute atomic E-state index is 0.0255. The zero-order chi connectivity index (χ0) is 29.0. The molecule has 0 spiro atoms. The van der Waals surface area contributed by atoms with Crippen LogP contribution in [0.1, 0.15) is 34.4 Å². The first-order chi connectivity index (χ1) is 19.1. The summed E-state index contributed by atoms with van der Waals surface area (Å²) in [6.07, 6.45) is 1.42. The number of imide groups is 1. The van der Waals surface area contributed by atoms with Gasteiger partial charge in [0.1, 0.15) is 23.1 Å². The van der Waals surface area contributed by atoms with Crippen LogP contribution in [0.3, 0.4) is 0 Å². The van der Waals surface area contributed by atoms with Crippen LogP contribution in [0.5, 0.6) is 11.5 Å². The molecule has 208 valence electrons. The smallest absolute Gasteiger partial charge is 0.373 e. The molecule has 0 bridgehead atoms. The third-order valence-corrected chi connectivity index (χ3v) is 7.03. The minimum Gasteiger partial charge on any atom is -0.490 e. The summed E-state index contributed by atoms with van der Waals surface area (Å²) in [7, 11) is 1.20. The average molecular weight is 635 g/mol. The number of hydrogen-bond acceptors (Lipinski definition) is 9. The molecule has 0 aliphatic carbocycles. The molecule has 2 aromatic carbocycles. The summed E-state index contributed by atoms with van der Waals surface area (Å²) in [5, 5.41) is 13.7. The molecule has 0 atom stereocenters. The highest BCUT2D eigenvalue weighted by Crippen LogP contribution is 2.44. The van der Waals surface area contributed by atoms with Crippen molar-refractivity contribution in [3.8, 4) is 11.5 Å². The van der Waals surface area contributed by atoms with Crippen LogP contribution in [-0.4, -0.2) is 41.4 Å². The van der Waals surface area contributed by atoms with Crippen molar-refractivity contribution in [2.24, 2.45) is 0 Å². The van der Waals surface area contributed by atoms with Crippen molar-refractivity contribution in [2.45, 2.75) is 20.1 Å². The first kappa shape index (κ1) is 28.6. The lowest BCUT2D eigenvalue weighted by molar-refractivity contribution is -0.384. The van der Waals surface area contributed by atoms with Crippen LogP contribution in [0.2, 0.25) is 5.02 Å². The average Bonchev–Trinajstić information content (AvgIpc) is 3.51. The van der Waals surface area contributed by atoms with Crippen molar-refractivity contribution >= 4 is 57.2 Å². The molecule has 40 heavy (non-hydrogen) atoms. The number of nitrogens with one attached hydrogen (secondary N) is 1. The first-order valence-electron chi connectivity index (χ1n) is 11.6. The Bertz CT molecular complexity index is 1540. The van der Waals surface area contributed by atoms with E-state index in [-0.39, 0.29) is 59.2 Å². The van der Waals surface area contributed by atoms with Crippen LogP contribution in [0.15, 0.2) is 57.1 Å². The second kappa shape index (κ2) is 12.2. The Morgan fingerprint density at radius 2 is 2.00 bits per heavy atom. The van der Waals surface area contributed by atoms with E-state index in [9.17, 15) is 24.5 Å². The Kier molecular flexibility index (Phi) is 8.75. The van der Waals surface area contributed by atoms with Crippen LogP contribution < -0.4 is 14.8 Å². The topological polar surface area (TPSA) is 150 Å². The fourth-order valence-electron chi connectivity index (χ4n) is 3.72. The summed E-state index contributed by atoms with van der Waals surface area (Å²) in [4.78, 5) is 48.7. The summed E-state index contributed by atoms with van der Waals surface area (Å²) < 4.78 is 21.9. The lowest BCUT2D eigenvalue weighted by Crippen LogP contribution is -2.30. The van der Waals surface area contributed by atoms with Crippen molar-refractivity contribution < 1.29 is 37.9 Å². The number of nitro groups is 1. The molecular formula is C26H21BrClN3O9. The molecule has 1 aliphatic heterocycles. The number of carbonyl (C=O) groups excluding carboxylic acids is 3. The number of furan rings is 1. The maximum atomic E-state index is 13.0. The first-order valence-corrected chi connectivity index (χ1v) is 12.8. The lowest BCUT2D eigenvalue weighted by Gasteiger charge is -2.16. The predicted molar refractivity (Wildman–Crippen MR) is 145 cm³/mol. The van der Waals surface area contributed by atoms with Gasteiger partial charge < -0.3 is 23.9 Å². The number of urea groups is 1. The Balaban J connectivity index is 1.57. The van der Waals surface area contributed by atoms with Gasteiger partial charge in [-0.25, -0.2) is 9.59 Å². The second-order valence-electron chi connectivity index (χ2n) is 8.21. The molecule has 1 N–H and O–H groups in total. The van der Waals surface area contributed by atoms with Crippen molar-refractivity contribution in [3.05, 3.63) is 90.4 Å². The highest BCUT2D eigenvalue weighted by molar-refractivity contribution is 9.10. The number of halogens is 2. The van der Waals surface area contributed by atoms with E-state index in [0.717, 1.165) is 4.90 Å². The molecule has 0 saturated carbocycles. The summed E-state index contributed by atoms with van der Waals surface area (Å²) in [5.74, 6) is -0.728. The number of ether oxygens (including phenoxy) is 3. The van der Waals surface area contributed by atoms with Crippen LogP contribution in [0, 0.1) is 10.1 Å². The molecular weight excluding hydrogens is 614 g/mol. The van der Waals surface area contributed by atoms with E-state index in [2.05, 4.69) is 26.0 Å². The molecule has 2 heterocycles. The Hall–Kier alpha value is -4.36. The number of nitro benzene ring substituents is 1. The van der Waals surface area contributed by atoms with Crippen molar-refractivity contribution in [3.63, 3.8) is 0 Å². The quantitative estimate of drug-likeness (QED) is 0.101. The molecule has 1 saturated heterocycles. The van der Waals surface area contributed by atoms with Gasteiger partial charge in [0.15, 0.2) is 11.5 Å². The van der Waals surface area contributed by atoms with Gasteiger partial charge in [0.2, 0.25) is 5.76 Å². The molecule has 1 aromatic heterocycles. The van der Waals surface area contributed by atoms with Crippen LogP contribution in [0.4, 0.5) is 10.5 Å². The zero-order valence-corrected chi connectivity index (χ0v) is 23.4. The molecule has 12 nitrogen and oxygen atoms in total. The maximum Gasteiger partial charge on any atom is 0.373 e. The van der Waals surface area contributed by atoms with E-state index in [1.54, 1.807) is 25.1 Å². The monoisotopic (exact) mass is 633 g/mol. The van der Waals surface area contributed by atoms with Crippen LogP contribution >= 0.6 is 27.5 Å². The van der Waals surface area contributed by atoms with E-state index in [1.165, 1.54) is 37.5 Å². The fourth-order valence-corrected chi connectivity index (χ4v) is 4.39. The summed E-state index contributed by atoms with van der Waals surface area (Å²) in [6, 6.07) is 9.73. The normalized spacial score (nSPS) is 13.9. The number of benzene rings is 2. The number of rotatable bonds is 10. The van der Waals surface area contributed by atoms with Gasteiger partial charge in [-0.3, -0.25) is 19.8 Å². The number of nitrogens with zero attached hydrogens (tertiary/aromatic N) is 2. The molecule has 0 radical (unpaired) electrons. The number of amides is 3. The van der Waals surface area contributed by atoms with Gasteiger partial charge in [0.25, 0.3) is 11.6 Å².